The second kappa shape index (κ2) is 5.52. The van der Waals surface area contributed by atoms with Gasteiger partial charge in [0.25, 0.3) is 0 Å². The summed E-state index contributed by atoms with van der Waals surface area (Å²) < 4.78 is 22.8. The van der Waals surface area contributed by atoms with Gasteiger partial charge in [-0.15, -0.1) is 0 Å². The smallest absolute Gasteiger partial charge is 0.233 e. The summed E-state index contributed by atoms with van der Waals surface area (Å²) in [5.41, 5.74) is 6.27. The lowest BCUT2D eigenvalue weighted by Crippen LogP contribution is -2.15. The lowest BCUT2D eigenvalue weighted by molar-refractivity contribution is 0.602. The molecule has 0 atom stereocenters. The molecule has 0 aliphatic heterocycles. The SMILES string of the molecule is CN(C)c1nc(N)nc(Nc2ccc(S(C)(=O)=O)cc2)n1. The first-order chi connectivity index (χ1) is 9.75. The van der Waals surface area contributed by atoms with Crippen LogP contribution >= 0.6 is 0 Å². The Morgan fingerprint density at radius 3 is 2.24 bits per heavy atom. The molecule has 0 amide bonds. The monoisotopic (exact) mass is 308 g/mol. The molecule has 8 nitrogen and oxygen atoms in total. The van der Waals surface area contributed by atoms with Gasteiger partial charge in [0.15, 0.2) is 9.84 Å². The minimum Gasteiger partial charge on any atom is -0.368 e. The molecule has 0 aliphatic rings. The Kier molecular flexibility index (Phi) is 3.94. The number of aromatic nitrogens is 3. The number of nitrogens with zero attached hydrogens (tertiary/aromatic N) is 4. The lowest BCUT2D eigenvalue weighted by atomic mass is 10.3. The van der Waals surface area contributed by atoms with E-state index in [0.29, 0.717) is 17.6 Å². The first kappa shape index (κ1) is 15.0. The highest BCUT2D eigenvalue weighted by Gasteiger charge is 2.08. The number of nitrogens with one attached hydrogen (secondary N) is 1. The Labute approximate surface area is 123 Å². The van der Waals surface area contributed by atoms with Crippen molar-refractivity contribution >= 4 is 33.4 Å². The topological polar surface area (TPSA) is 114 Å². The zero-order valence-corrected chi connectivity index (χ0v) is 12.7. The van der Waals surface area contributed by atoms with Crippen molar-refractivity contribution in [1.29, 1.82) is 0 Å². The minimum absolute atomic E-state index is 0.101. The highest BCUT2D eigenvalue weighted by atomic mass is 32.2. The van der Waals surface area contributed by atoms with Crippen molar-refractivity contribution in [3.63, 3.8) is 0 Å². The predicted molar refractivity (Wildman–Crippen MR) is 81.4 cm³/mol. The van der Waals surface area contributed by atoms with Crippen molar-refractivity contribution in [3.05, 3.63) is 24.3 Å². The highest BCUT2D eigenvalue weighted by molar-refractivity contribution is 7.90. The third-order valence-electron chi connectivity index (χ3n) is 2.58. The molecule has 21 heavy (non-hydrogen) atoms. The molecule has 0 radical (unpaired) electrons. The average molecular weight is 308 g/mol. The standard InChI is InChI=1S/C12H16N6O2S/c1-18(2)12-16-10(13)15-11(17-12)14-8-4-6-9(7-5-8)21(3,19)20/h4-7H,1-3H3,(H3,13,14,15,16,17). The lowest BCUT2D eigenvalue weighted by Gasteiger charge is -2.12. The number of nitrogens with two attached hydrogens (primary N) is 1. The van der Waals surface area contributed by atoms with Gasteiger partial charge >= 0.3 is 0 Å². The van der Waals surface area contributed by atoms with Crippen molar-refractivity contribution in [2.24, 2.45) is 0 Å². The second-order valence-electron chi connectivity index (χ2n) is 4.63. The van der Waals surface area contributed by atoms with E-state index in [2.05, 4.69) is 20.3 Å². The van der Waals surface area contributed by atoms with Crippen LogP contribution in [0.2, 0.25) is 0 Å². The minimum atomic E-state index is -3.21. The molecule has 2 aromatic rings. The van der Waals surface area contributed by atoms with Gasteiger partial charge in [-0.05, 0) is 24.3 Å². The molecule has 9 heteroatoms. The zero-order valence-electron chi connectivity index (χ0n) is 11.9. The Morgan fingerprint density at radius 2 is 1.71 bits per heavy atom. The summed E-state index contributed by atoms with van der Waals surface area (Å²) in [6.45, 7) is 0. The Balaban J connectivity index is 2.26. The maximum Gasteiger partial charge on any atom is 0.233 e. The summed E-state index contributed by atoms with van der Waals surface area (Å²) in [4.78, 5) is 14.1. The van der Waals surface area contributed by atoms with Crippen molar-refractivity contribution in [2.75, 3.05) is 36.3 Å². The van der Waals surface area contributed by atoms with Gasteiger partial charge in [-0.25, -0.2) is 8.42 Å². The molecule has 0 fully saturated rings. The summed E-state index contributed by atoms with van der Waals surface area (Å²) in [6, 6.07) is 6.28. The first-order valence-corrected chi connectivity index (χ1v) is 7.91. The van der Waals surface area contributed by atoms with Crippen LogP contribution in [0.5, 0.6) is 0 Å². The maximum atomic E-state index is 11.4. The molecule has 0 aliphatic carbocycles. The fraction of sp³-hybridized carbons (Fsp3) is 0.250. The van der Waals surface area contributed by atoms with Gasteiger partial charge in [0.1, 0.15) is 0 Å². The van der Waals surface area contributed by atoms with Crippen molar-refractivity contribution < 1.29 is 8.42 Å². The quantitative estimate of drug-likeness (QED) is 0.847. The number of anilines is 4. The molecule has 1 aromatic heterocycles. The van der Waals surface area contributed by atoms with E-state index in [0.717, 1.165) is 6.26 Å². The molecule has 3 N–H and O–H groups in total. The summed E-state index contributed by atoms with van der Waals surface area (Å²) >= 11 is 0. The Morgan fingerprint density at radius 1 is 1.10 bits per heavy atom. The van der Waals surface area contributed by atoms with E-state index >= 15 is 0 Å². The van der Waals surface area contributed by atoms with E-state index in [-0.39, 0.29) is 10.8 Å². The van der Waals surface area contributed by atoms with E-state index < -0.39 is 9.84 Å². The van der Waals surface area contributed by atoms with Crippen LogP contribution in [-0.2, 0) is 9.84 Å². The molecular formula is C12H16N6O2S. The molecule has 1 heterocycles. The van der Waals surface area contributed by atoms with E-state index in [1.807, 2.05) is 0 Å². The second-order valence-corrected chi connectivity index (χ2v) is 6.65. The van der Waals surface area contributed by atoms with Crippen molar-refractivity contribution in [2.45, 2.75) is 4.90 Å². The molecular weight excluding hydrogens is 292 g/mol. The van der Waals surface area contributed by atoms with Gasteiger partial charge in [-0.2, -0.15) is 15.0 Å². The van der Waals surface area contributed by atoms with Crippen LogP contribution in [0.25, 0.3) is 0 Å². The van der Waals surface area contributed by atoms with Crippen LogP contribution in [0.15, 0.2) is 29.2 Å². The zero-order chi connectivity index (χ0) is 15.6. The van der Waals surface area contributed by atoms with Gasteiger partial charge in [0, 0.05) is 26.0 Å². The van der Waals surface area contributed by atoms with Crippen molar-refractivity contribution in [3.8, 4) is 0 Å². The number of hydrogen-bond acceptors (Lipinski definition) is 8. The number of rotatable bonds is 4. The third kappa shape index (κ3) is 3.78. The van der Waals surface area contributed by atoms with Crippen LogP contribution in [0.3, 0.4) is 0 Å². The first-order valence-electron chi connectivity index (χ1n) is 6.02. The van der Waals surface area contributed by atoms with Gasteiger partial charge in [-0.3, -0.25) is 0 Å². The molecule has 112 valence electrons. The summed E-state index contributed by atoms with van der Waals surface area (Å²) in [5, 5.41) is 2.95. The molecule has 2 rings (SSSR count). The molecule has 0 bridgehead atoms. The van der Waals surface area contributed by atoms with Crippen LogP contribution in [0.1, 0.15) is 0 Å². The summed E-state index contributed by atoms with van der Waals surface area (Å²) in [5.74, 6) is 0.819. The van der Waals surface area contributed by atoms with Gasteiger partial charge in [-0.1, -0.05) is 0 Å². The molecule has 1 aromatic carbocycles. The largest absolute Gasteiger partial charge is 0.368 e. The van der Waals surface area contributed by atoms with E-state index in [1.54, 1.807) is 31.1 Å². The maximum absolute atomic E-state index is 11.4. The van der Waals surface area contributed by atoms with Crippen LogP contribution < -0.4 is 16.0 Å². The highest BCUT2D eigenvalue weighted by Crippen LogP contribution is 2.18. The van der Waals surface area contributed by atoms with Crippen molar-refractivity contribution in [1.82, 2.24) is 15.0 Å². The Hall–Kier alpha value is -2.42. The fourth-order valence-corrected chi connectivity index (χ4v) is 2.18. The van der Waals surface area contributed by atoms with Crippen LogP contribution in [0, 0.1) is 0 Å². The normalized spacial score (nSPS) is 11.2. The number of sulfone groups is 1. The fourth-order valence-electron chi connectivity index (χ4n) is 1.55. The summed E-state index contributed by atoms with van der Waals surface area (Å²) in [6.07, 6.45) is 1.16. The van der Waals surface area contributed by atoms with Gasteiger partial charge in [0.2, 0.25) is 17.8 Å². The van der Waals surface area contributed by atoms with E-state index in [4.69, 9.17) is 5.73 Å². The predicted octanol–water partition coefficient (Wildman–Crippen LogP) is 0.667. The third-order valence-corrected chi connectivity index (χ3v) is 3.71. The van der Waals surface area contributed by atoms with Crippen LogP contribution in [-0.4, -0.2) is 43.7 Å². The van der Waals surface area contributed by atoms with Crippen LogP contribution in [0.4, 0.5) is 23.5 Å². The van der Waals surface area contributed by atoms with E-state index in [1.165, 1.54) is 12.1 Å². The van der Waals surface area contributed by atoms with E-state index in [9.17, 15) is 8.42 Å². The Bertz CT molecular complexity index is 743. The molecule has 0 saturated carbocycles. The molecule has 0 unspecified atom stereocenters. The van der Waals surface area contributed by atoms with Gasteiger partial charge in [0.05, 0.1) is 4.90 Å². The summed E-state index contributed by atoms with van der Waals surface area (Å²) in [7, 11) is 0.369. The number of hydrogen-bond donors (Lipinski definition) is 2. The van der Waals surface area contributed by atoms with Gasteiger partial charge < -0.3 is 16.0 Å². The molecule has 0 saturated heterocycles. The number of benzene rings is 1. The average Bonchev–Trinajstić information content (AvgIpc) is 2.37. The number of nitrogen functional groups attached to an aromatic ring is 1. The molecule has 0 spiro atoms.